The summed E-state index contributed by atoms with van der Waals surface area (Å²) in [7, 11) is 2.11. The van der Waals surface area contributed by atoms with E-state index in [4.69, 9.17) is 0 Å². The van der Waals surface area contributed by atoms with E-state index in [1.54, 1.807) is 0 Å². The van der Waals surface area contributed by atoms with Gasteiger partial charge in [0.2, 0.25) is 0 Å². The molecule has 0 aliphatic rings. The molecule has 0 bridgehead atoms. The van der Waals surface area contributed by atoms with Crippen LogP contribution in [0.15, 0.2) is 4.36 Å². The first-order chi connectivity index (χ1) is 3.48. The Hall–Kier alpha value is 0.150. The second kappa shape index (κ2) is 2.62. The zero-order valence-electron chi connectivity index (χ0n) is 6.36. The molecule has 0 aromatic carbocycles. The summed E-state index contributed by atoms with van der Waals surface area (Å²) in [6.45, 7) is 6.63. The number of hydrogen-bond donors (Lipinski definition) is 0. The maximum Gasteiger partial charge on any atom is 0.0346 e. The van der Waals surface area contributed by atoms with Gasteiger partial charge in [-0.05, 0) is 6.26 Å². The molecule has 0 aromatic rings. The van der Waals surface area contributed by atoms with Crippen molar-refractivity contribution in [1.29, 1.82) is 0 Å². The van der Waals surface area contributed by atoms with Crippen molar-refractivity contribution in [2.45, 2.75) is 25.5 Å². The number of nitrogens with zero attached hydrogens (tertiary/aromatic N) is 1. The number of hydrogen-bond acceptors (Lipinski definition) is 1. The van der Waals surface area contributed by atoms with Gasteiger partial charge in [0.15, 0.2) is 0 Å². The first-order valence-corrected chi connectivity index (χ1v) is 4.33. The molecule has 0 saturated heterocycles. The van der Waals surface area contributed by atoms with Gasteiger partial charge in [-0.2, -0.15) is 0 Å². The summed E-state index contributed by atoms with van der Waals surface area (Å²) in [6, 6.07) is 0. The molecule has 50 valence electrons. The summed E-state index contributed by atoms with van der Waals surface area (Å²) >= 11 is 0. The van der Waals surface area contributed by atoms with Crippen molar-refractivity contribution in [1.82, 2.24) is 0 Å². The molecule has 1 unspecified atom stereocenters. The van der Waals surface area contributed by atoms with Crippen LogP contribution < -0.4 is 0 Å². The van der Waals surface area contributed by atoms with Crippen LogP contribution in [0.5, 0.6) is 0 Å². The predicted molar refractivity (Wildman–Crippen MR) is 41.4 cm³/mol. The Morgan fingerprint density at radius 1 is 1.25 bits per heavy atom. The Morgan fingerprint density at radius 3 is 1.62 bits per heavy atom. The molecule has 0 aliphatic heterocycles. The van der Waals surface area contributed by atoms with E-state index in [0.717, 1.165) is 0 Å². The fraction of sp³-hybridized carbons (Fsp3) is 1.00. The van der Waals surface area contributed by atoms with E-state index in [1.807, 2.05) is 7.05 Å². The van der Waals surface area contributed by atoms with E-state index in [2.05, 4.69) is 31.4 Å². The summed E-state index contributed by atoms with van der Waals surface area (Å²) in [5, 5.41) is 0. The first kappa shape index (κ1) is 8.15. The van der Waals surface area contributed by atoms with Crippen LogP contribution >= 0.6 is 0 Å². The highest BCUT2D eigenvalue weighted by atomic mass is 32.2. The Bertz CT molecular complexity index is 99.6. The molecule has 1 nitrogen and oxygen atoms in total. The maximum absolute atomic E-state index is 4.19. The van der Waals surface area contributed by atoms with Gasteiger partial charge in [0.1, 0.15) is 0 Å². The van der Waals surface area contributed by atoms with Crippen molar-refractivity contribution < 1.29 is 0 Å². The molecule has 0 aromatic heterocycles. The lowest BCUT2D eigenvalue weighted by atomic mass is 10.3. The van der Waals surface area contributed by atoms with Crippen LogP contribution in [0.4, 0.5) is 0 Å². The van der Waals surface area contributed by atoms with E-state index in [-0.39, 0.29) is 10.7 Å². The van der Waals surface area contributed by atoms with Crippen LogP contribution in [0.25, 0.3) is 0 Å². The largest absolute Gasteiger partial charge is 0.268 e. The fourth-order valence-corrected chi connectivity index (χ4v) is 0.822. The van der Waals surface area contributed by atoms with Gasteiger partial charge in [-0.3, -0.25) is 4.36 Å². The Labute approximate surface area is 54.6 Å². The molecule has 0 N–H and O–H groups in total. The average molecular weight is 133 g/mol. The molecule has 0 radical (unpaired) electrons. The van der Waals surface area contributed by atoms with E-state index in [1.165, 1.54) is 0 Å². The lowest BCUT2D eigenvalue weighted by Gasteiger charge is -2.18. The van der Waals surface area contributed by atoms with Gasteiger partial charge < -0.3 is 0 Å². The van der Waals surface area contributed by atoms with Gasteiger partial charge in [0.25, 0.3) is 0 Å². The molecule has 0 saturated carbocycles. The van der Waals surface area contributed by atoms with Gasteiger partial charge >= 0.3 is 0 Å². The van der Waals surface area contributed by atoms with E-state index in [0.29, 0.717) is 4.75 Å². The molecule has 0 amide bonds. The minimum Gasteiger partial charge on any atom is -0.268 e. The minimum atomic E-state index is 0.231. The smallest absolute Gasteiger partial charge is 0.0346 e. The van der Waals surface area contributed by atoms with Crippen molar-refractivity contribution in [3.05, 3.63) is 0 Å². The third kappa shape index (κ3) is 2.46. The van der Waals surface area contributed by atoms with Crippen molar-refractivity contribution in [2.75, 3.05) is 13.3 Å². The molecule has 0 rings (SSSR count). The van der Waals surface area contributed by atoms with E-state index < -0.39 is 0 Å². The lowest BCUT2D eigenvalue weighted by Crippen LogP contribution is -2.19. The maximum atomic E-state index is 4.19. The standard InChI is InChI=1S/C6H15NS/c1-6(2,3)8(5)7-4/h1-5H3. The van der Waals surface area contributed by atoms with Crippen molar-refractivity contribution in [3.8, 4) is 0 Å². The second-order valence-electron chi connectivity index (χ2n) is 2.77. The van der Waals surface area contributed by atoms with Gasteiger partial charge in [-0.1, -0.05) is 31.5 Å². The van der Waals surface area contributed by atoms with Crippen molar-refractivity contribution >= 4 is 10.7 Å². The quantitative estimate of drug-likeness (QED) is 0.478. The molecule has 8 heavy (non-hydrogen) atoms. The van der Waals surface area contributed by atoms with Gasteiger partial charge in [0, 0.05) is 11.8 Å². The van der Waals surface area contributed by atoms with Crippen LogP contribution in [-0.2, 0) is 10.7 Å². The zero-order valence-corrected chi connectivity index (χ0v) is 7.17. The van der Waals surface area contributed by atoms with Crippen LogP contribution in [0.3, 0.4) is 0 Å². The van der Waals surface area contributed by atoms with E-state index in [9.17, 15) is 0 Å². The molecule has 0 heterocycles. The van der Waals surface area contributed by atoms with Crippen molar-refractivity contribution in [2.24, 2.45) is 4.36 Å². The molecular formula is C6H15NS. The second-order valence-corrected chi connectivity index (χ2v) is 5.32. The van der Waals surface area contributed by atoms with Crippen LogP contribution in [0.1, 0.15) is 20.8 Å². The SMILES string of the molecule is C/N=S(\C)C(C)(C)C. The fourth-order valence-electron chi connectivity index (χ4n) is 0.274. The van der Waals surface area contributed by atoms with Gasteiger partial charge in [-0.15, -0.1) is 0 Å². The summed E-state index contributed by atoms with van der Waals surface area (Å²) < 4.78 is 4.56. The lowest BCUT2D eigenvalue weighted by molar-refractivity contribution is 0.797. The Morgan fingerprint density at radius 2 is 1.62 bits per heavy atom. The summed E-state index contributed by atoms with van der Waals surface area (Å²) in [5.74, 6) is 0. The molecule has 0 aliphatic carbocycles. The molecule has 1 atom stereocenters. The zero-order chi connectivity index (χ0) is 6.78. The third-order valence-electron chi connectivity index (χ3n) is 1.16. The van der Waals surface area contributed by atoms with E-state index >= 15 is 0 Å². The summed E-state index contributed by atoms with van der Waals surface area (Å²) in [4.78, 5) is 0. The Kier molecular flexibility index (Phi) is 2.67. The normalized spacial score (nSPS) is 16.6. The highest BCUT2D eigenvalue weighted by Crippen LogP contribution is 2.10. The van der Waals surface area contributed by atoms with Crippen LogP contribution in [0, 0.1) is 0 Å². The minimum absolute atomic E-state index is 0.231. The molecular weight excluding hydrogens is 118 g/mol. The number of rotatable bonds is 0. The van der Waals surface area contributed by atoms with Crippen LogP contribution in [0.2, 0.25) is 0 Å². The predicted octanol–water partition coefficient (Wildman–Crippen LogP) is 1.85. The highest BCUT2D eigenvalue weighted by molar-refractivity contribution is 7.87. The topological polar surface area (TPSA) is 12.4 Å². The third-order valence-corrected chi connectivity index (χ3v) is 3.48. The molecule has 2 heteroatoms. The van der Waals surface area contributed by atoms with Crippen molar-refractivity contribution in [3.63, 3.8) is 0 Å². The monoisotopic (exact) mass is 133 g/mol. The molecule has 0 spiro atoms. The van der Waals surface area contributed by atoms with Crippen LogP contribution in [-0.4, -0.2) is 18.1 Å². The average Bonchev–Trinajstić information content (AvgIpc) is 1.62. The Balaban J connectivity index is 4.03. The first-order valence-electron chi connectivity index (χ1n) is 2.74. The van der Waals surface area contributed by atoms with Gasteiger partial charge in [0.05, 0.1) is 0 Å². The van der Waals surface area contributed by atoms with Gasteiger partial charge in [-0.25, -0.2) is 0 Å². The summed E-state index contributed by atoms with van der Waals surface area (Å²) in [5.41, 5.74) is 0. The summed E-state index contributed by atoms with van der Waals surface area (Å²) in [6.07, 6.45) is 2.17. The molecule has 0 fully saturated rings. The highest BCUT2D eigenvalue weighted by Gasteiger charge is 2.10.